The summed E-state index contributed by atoms with van der Waals surface area (Å²) in [6, 6.07) is 1.79. The molecule has 1 rings (SSSR count). The van der Waals surface area contributed by atoms with Crippen LogP contribution in [0.3, 0.4) is 0 Å². The average Bonchev–Trinajstić information content (AvgIpc) is 2.67. The first-order valence-corrected chi connectivity index (χ1v) is 10.5. The third-order valence-electron chi connectivity index (χ3n) is 4.92. The number of hydrogen-bond acceptors (Lipinski definition) is 3. The first-order chi connectivity index (χ1) is 13.6. The normalized spacial score (nSPS) is 13.9. The highest BCUT2D eigenvalue weighted by molar-refractivity contribution is 6.31. The Kier molecular flexibility index (Phi) is 10.5. The maximum absolute atomic E-state index is 14.6. The molecule has 0 saturated heterocycles. The van der Waals surface area contributed by atoms with Crippen LogP contribution in [0, 0.1) is 11.7 Å². The van der Waals surface area contributed by atoms with E-state index in [0.717, 1.165) is 42.0 Å². The van der Waals surface area contributed by atoms with Gasteiger partial charge in [-0.15, -0.1) is 0 Å². The predicted molar refractivity (Wildman–Crippen MR) is 127 cm³/mol. The summed E-state index contributed by atoms with van der Waals surface area (Å²) >= 11 is 6.21. The highest BCUT2D eigenvalue weighted by Gasteiger charge is 2.21. The zero-order valence-corrected chi connectivity index (χ0v) is 19.5. The van der Waals surface area contributed by atoms with Crippen LogP contribution >= 0.6 is 11.6 Å². The minimum absolute atomic E-state index is 0.156. The van der Waals surface area contributed by atoms with Crippen LogP contribution in [0.1, 0.15) is 64.2 Å². The molecule has 0 aliphatic carbocycles. The van der Waals surface area contributed by atoms with Gasteiger partial charge in [0, 0.05) is 23.5 Å². The van der Waals surface area contributed by atoms with Crippen LogP contribution in [-0.2, 0) is 6.42 Å². The van der Waals surface area contributed by atoms with Crippen LogP contribution < -0.4 is 0 Å². The van der Waals surface area contributed by atoms with Crippen molar-refractivity contribution in [3.8, 4) is 0 Å². The van der Waals surface area contributed by atoms with Gasteiger partial charge < -0.3 is 0 Å². The molecule has 29 heavy (non-hydrogen) atoms. The Hall–Kier alpha value is -1.78. The third-order valence-corrected chi connectivity index (χ3v) is 5.19. The summed E-state index contributed by atoms with van der Waals surface area (Å²) in [7, 11) is 0. The van der Waals surface area contributed by atoms with E-state index in [-0.39, 0.29) is 16.8 Å². The minimum atomic E-state index is -0.376. The molecule has 1 aromatic carbocycles. The Morgan fingerprint density at radius 3 is 2.48 bits per heavy atom. The Balaban J connectivity index is 3.14. The van der Waals surface area contributed by atoms with Gasteiger partial charge in [-0.05, 0) is 68.6 Å². The van der Waals surface area contributed by atoms with E-state index >= 15 is 0 Å². The van der Waals surface area contributed by atoms with Crippen molar-refractivity contribution in [2.24, 2.45) is 15.9 Å². The summed E-state index contributed by atoms with van der Waals surface area (Å²) in [4.78, 5) is 10.8. The maximum atomic E-state index is 14.6. The number of aliphatic imine (C=N–C) groups is 2. The minimum Gasteiger partial charge on any atom is -0.284 e. The molecule has 0 spiro atoms. The average molecular weight is 420 g/mol. The molecule has 1 aromatic rings. The number of rotatable bonds is 11. The van der Waals surface area contributed by atoms with Gasteiger partial charge in [0.05, 0.1) is 11.7 Å². The second kappa shape index (κ2) is 12.0. The van der Waals surface area contributed by atoms with Crippen LogP contribution in [0.25, 0.3) is 6.08 Å². The van der Waals surface area contributed by atoms with E-state index in [4.69, 9.17) is 11.6 Å². The molecule has 1 atom stereocenters. The zero-order valence-electron chi connectivity index (χ0n) is 18.7. The van der Waals surface area contributed by atoms with E-state index in [9.17, 15) is 4.39 Å². The summed E-state index contributed by atoms with van der Waals surface area (Å²) in [6.07, 6.45) is 4.29. The van der Waals surface area contributed by atoms with Gasteiger partial charge in [0.15, 0.2) is 0 Å². The summed E-state index contributed by atoms with van der Waals surface area (Å²) in [5, 5.41) is 0.156. The van der Waals surface area contributed by atoms with E-state index in [2.05, 4.69) is 55.9 Å². The molecule has 0 fully saturated rings. The second-order valence-electron chi connectivity index (χ2n) is 7.91. The highest BCUT2D eigenvalue weighted by Crippen LogP contribution is 2.33. The SMILES string of the molecule is C=Cc1c(F)c(Cl)cc(C(C)CN(CC)C/N=C(C)\C=C(/C)N=C)c1CC(C)C. The van der Waals surface area contributed by atoms with Crippen molar-refractivity contribution in [3.05, 3.63) is 51.9 Å². The smallest absolute Gasteiger partial charge is 0.149 e. The van der Waals surface area contributed by atoms with Gasteiger partial charge in [0.1, 0.15) is 5.82 Å². The molecule has 160 valence electrons. The second-order valence-corrected chi connectivity index (χ2v) is 8.32. The summed E-state index contributed by atoms with van der Waals surface area (Å²) in [5.41, 5.74) is 4.39. The van der Waals surface area contributed by atoms with Crippen molar-refractivity contribution in [1.29, 1.82) is 0 Å². The molecule has 0 aliphatic heterocycles. The molecule has 0 bridgehead atoms. The van der Waals surface area contributed by atoms with Crippen molar-refractivity contribution >= 4 is 30.1 Å². The first-order valence-electron chi connectivity index (χ1n) is 10.2. The molecular weight excluding hydrogens is 385 g/mol. The Morgan fingerprint density at radius 2 is 1.97 bits per heavy atom. The molecular formula is C24H35ClFN3. The number of hydrogen-bond donors (Lipinski definition) is 0. The van der Waals surface area contributed by atoms with E-state index in [0.29, 0.717) is 18.2 Å². The molecule has 0 saturated carbocycles. The standard InChI is InChI=1S/C24H35ClFN3/c1-9-20-22(11-16(3)4)21(13-23(25)24(20)26)17(5)14-29(10-2)15-28-19(7)12-18(6)27-8/h9,12-13,16-17H,1,8,10-11,14-15H2,2-7H3/b18-12+,28-19-. The van der Waals surface area contributed by atoms with Gasteiger partial charge in [0.2, 0.25) is 0 Å². The molecule has 0 heterocycles. The molecule has 3 nitrogen and oxygen atoms in total. The van der Waals surface area contributed by atoms with Crippen LogP contribution in [0.5, 0.6) is 0 Å². The fourth-order valence-corrected chi connectivity index (χ4v) is 3.59. The molecule has 0 aliphatic rings. The van der Waals surface area contributed by atoms with E-state index in [1.165, 1.54) is 0 Å². The van der Waals surface area contributed by atoms with Crippen molar-refractivity contribution in [3.63, 3.8) is 0 Å². The summed E-state index contributed by atoms with van der Waals surface area (Å²) in [5.74, 6) is 0.213. The van der Waals surface area contributed by atoms with Crippen LogP contribution in [0.15, 0.2) is 34.4 Å². The Labute approximate surface area is 181 Å². The lowest BCUT2D eigenvalue weighted by Gasteiger charge is -2.26. The topological polar surface area (TPSA) is 28.0 Å². The lowest BCUT2D eigenvalue weighted by Crippen LogP contribution is -2.29. The first kappa shape index (κ1) is 25.3. The fraction of sp³-hybridized carbons (Fsp3) is 0.500. The molecule has 0 N–H and O–H groups in total. The summed E-state index contributed by atoms with van der Waals surface area (Å²) in [6.45, 7) is 22.0. The third kappa shape index (κ3) is 7.52. The van der Waals surface area contributed by atoms with Crippen LogP contribution in [-0.4, -0.2) is 37.1 Å². The number of benzene rings is 1. The lowest BCUT2D eigenvalue weighted by molar-refractivity contribution is 0.282. The number of halogens is 2. The molecule has 0 amide bonds. The number of nitrogens with zero attached hydrogens (tertiary/aromatic N) is 3. The highest BCUT2D eigenvalue weighted by atomic mass is 35.5. The van der Waals surface area contributed by atoms with Gasteiger partial charge in [0.25, 0.3) is 0 Å². The van der Waals surface area contributed by atoms with Crippen molar-refractivity contribution < 1.29 is 4.39 Å². The van der Waals surface area contributed by atoms with Gasteiger partial charge in [-0.1, -0.05) is 52.0 Å². The molecule has 1 unspecified atom stereocenters. The van der Waals surface area contributed by atoms with Gasteiger partial charge in [-0.3, -0.25) is 14.9 Å². The molecule has 5 heteroatoms. The van der Waals surface area contributed by atoms with E-state index < -0.39 is 0 Å². The monoisotopic (exact) mass is 419 g/mol. The van der Waals surface area contributed by atoms with E-state index in [1.807, 2.05) is 19.9 Å². The fourth-order valence-electron chi connectivity index (χ4n) is 3.37. The van der Waals surface area contributed by atoms with Gasteiger partial charge in [-0.25, -0.2) is 4.39 Å². The van der Waals surface area contributed by atoms with Gasteiger partial charge >= 0.3 is 0 Å². The van der Waals surface area contributed by atoms with Gasteiger partial charge in [-0.2, -0.15) is 0 Å². The maximum Gasteiger partial charge on any atom is 0.149 e. The Morgan fingerprint density at radius 1 is 1.31 bits per heavy atom. The molecule has 0 radical (unpaired) electrons. The number of allylic oxidation sites excluding steroid dienone is 2. The Bertz CT molecular complexity index is 781. The van der Waals surface area contributed by atoms with Crippen molar-refractivity contribution in [2.75, 3.05) is 19.8 Å². The largest absolute Gasteiger partial charge is 0.284 e. The lowest BCUT2D eigenvalue weighted by atomic mass is 9.87. The van der Waals surface area contributed by atoms with Crippen molar-refractivity contribution in [2.45, 2.75) is 53.9 Å². The molecule has 0 aromatic heterocycles. The van der Waals surface area contributed by atoms with E-state index in [1.54, 1.807) is 12.1 Å². The van der Waals surface area contributed by atoms with Crippen LogP contribution in [0.4, 0.5) is 4.39 Å². The predicted octanol–water partition coefficient (Wildman–Crippen LogP) is 6.77. The number of likely N-dealkylation sites (N-methyl/N-ethyl adjacent to an activating group) is 1. The quantitative estimate of drug-likeness (QED) is 0.364. The summed E-state index contributed by atoms with van der Waals surface area (Å²) < 4.78 is 14.6. The van der Waals surface area contributed by atoms with Crippen LogP contribution in [0.2, 0.25) is 5.02 Å². The zero-order chi connectivity index (χ0) is 22.1. The van der Waals surface area contributed by atoms with Crippen molar-refractivity contribution in [1.82, 2.24) is 4.90 Å².